The van der Waals surface area contributed by atoms with Gasteiger partial charge >= 0.3 is 0 Å². The minimum atomic E-state index is -0.344. The fourth-order valence-corrected chi connectivity index (χ4v) is 1.68. The summed E-state index contributed by atoms with van der Waals surface area (Å²) in [4.78, 5) is 22.4. The van der Waals surface area contributed by atoms with Gasteiger partial charge in [-0.15, -0.1) is 0 Å². The molecule has 1 aromatic rings. The lowest BCUT2D eigenvalue weighted by molar-refractivity contribution is -0.114. The highest BCUT2D eigenvalue weighted by Crippen LogP contribution is 2.24. The molecule has 18 heavy (non-hydrogen) atoms. The third-order valence-electron chi connectivity index (χ3n) is 2.33. The molecule has 0 bridgehead atoms. The van der Waals surface area contributed by atoms with Crippen LogP contribution in [0.1, 0.15) is 25.0 Å². The van der Waals surface area contributed by atoms with Crippen LogP contribution in [0.2, 0.25) is 0 Å². The van der Waals surface area contributed by atoms with E-state index in [9.17, 15) is 9.59 Å². The highest BCUT2D eigenvalue weighted by molar-refractivity contribution is 6.04. The molecular formula is C14H16N2O2. The number of benzene rings is 1. The van der Waals surface area contributed by atoms with E-state index in [1.54, 1.807) is 19.1 Å². The van der Waals surface area contributed by atoms with Crippen molar-refractivity contribution < 1.29 is 9.59 Å². The number of nitrogens with one attached hydrogen (secondary N) is 2. The predicted molar refractivity (Wildman–Crippen MR) is 72.3 cm³/mol. The van der Waals surface area contributed by atoms with Gasteiger partial charge < -0.3 is 10.6 Å². The van der Waals surface area contributed by atoms with Crippen molar-refractivity contribution in [3.63, 3.8) is 0 Å². The number of aryl methyl sites for hydroxylation is 2. The van der Waals surface area contributed by atoms with Gasteiger partial charge in [0.1, 0.15) is 0 Å². The van der Waals surface area contributed by atoms with E-state index in [2.05, 4.69) is 22.5 Å². The summed E-state index contributed by atoms with van der Waals surface area (Å²) in [6.45, 7) is 6.82. The molecule has 2 N–H and O–H groups in total. The molecule has 1 rings (SSSR count). The van der Waals surface area contributed by atoms with Crippen molar-refractivity contribution >= 4 is 23.2 Å². The van der Waals surface area contributed by atoms with E-state index in [1.165, 1.54) is 6.92 Å². The van der Waals surface area contributed by atoms with Crippen molar-refractivity contribution in [2.75, 3.05) is 10.6 Å². The van der Waals surface area contributed by atoms with Crippen LogP contribution in [-0.4, -0.2) is 11.8 Å². The van der Waals surface area contributed by atoms with Crippen molar-refractivity contribution in [3.05, 3.63) is 23.3 Å². The zero-order chi connectivity index (χ0) is 13.7. The van der Waals surface area contributed by atoms with Gasteiger partial charge in [-0.1, -0.05) is 5.92 Å². The number of amides is 2. The Balaban J connectivity index is 3.01. The van der Waals surface area contributed by atoms with Crippen molar-refractivity contribution in [1.82, 2.24) is 0 Å². The van der Waals surface area contributed by atoms with Crippen LogP contribution in [0.5, 0.6) is 0 Å². The minimum Gasteiger partial charge on any atom is -0.326 e. The van der Waals surface area contributed by atoms with Crippen molar-refractivity contribution in [2.24, 2.45) is 0 Å². The van der Waals surface area contributed by atoms with Crippen molar-refractivity contribution in [1.29, 1.82) is 0 Å². The maximum absolute atomic E-state index is 11.3. The highest BCUT2D eigenvalue weighted by atomic mass is 16.2. The topological polar surface area (TPSA) is 58.2 Å². The van der Waals surface area contributed by atoms with E-state index >= 15 is 0 Å². The summed E-state index contributed by atoms with van der Waals surface area (Å²) >= 11 is 0. The zero-order valence-corrected chi connectivity index (χ0v) is 11.0. The van der Waals surface area contributed by atoms with Gasteiger partial charge in [0.2, 0.25) is 5.91 Å². The molecular weight excluding hydrogens is 228 g/mol. The lowest BCUT2D eigenvalue weighted by atomic mass is 10.1. The second kappa shape index (κ2) is 5.87. The molecule has 4 heteroatoms. The monoisotopic (exact) mass is 244 g/mol. The quantitative estimate of drug-likeness (QED) is 0.784. The summed E-state index contributed by atoms with van der Waals surface area (Å²) in [6, 6.07) is 3.60. The molecule has 1 aromatic carbocycles. The SMILES string of the molecule is CC#CC(=O)Nc1cc(C)c(NC(C)=O)c(C)c1. The van der Waals surface area contributed by atoms with Crippen LogP contribution in [0, 0.1) is 25.7 Å². The Morgan fingerprint density at radius 3 is 2.11 bits per heavy atom. The number of hydrogen-bond donors (Lipinski definition) is 2. The smallest absolute Gasteiger partial charge is 0.300 e. The third kappa shape index (κ3) is 3.63. The molecule has 4 nitrogen and oxygen atoms in total. The van der Waals surface area contributed by atoms with E-state index in [4.69, 9.17) is 0 Å². The minimum absolute atomic E-state index is 0.116. The number of rotatable bonds is 2. The Labute approximate surface area is 107 Å². The number of hydrogen-bond acceptors (Lipinski definition) is 2. The molecule has 0 saturated heterocycles. The second-order valence-electron chi connectivity index (χ2n) is 4.00. The molecule has 0 aliphatic rings. The van der Waals surface area contributed by atoms with Crippen LogP contribution in [0.4, 0.5) is 11.4 Å². The summed E-state index contributed by atoms with van der Waals surface area (Å²) in [5.74, 6) is 4.49. The van der Waals surface area contributed by atoms with Crippen LogP contribution in [0.15, 0.2) is 12.1 Å². The number of carbonyl (C=O) groups excluding carboxylic acids is 2. The second-order valence-corrected chi connectivity index (χ2v) is 4.00. The summed E-state index contributed by atoms with van der Waals surface area (Å²) in [7, 11) is 0. The molecule has 0 radical (unpaired) electrons. The summed E-state index contributed by atoms with van der Waals surface area (Å²) < 4.78 is 0. The van der Waals surface area contributed by atoms with Crippen molar-refractivity contribution in [3.8, 4) is 11.8 Å². The van der Waals surface area contributed by atoms with Gasteiger partial charge in [0.05, 0.1) is 0 Å². The standard InChI is InChI=1S/C14H16N2O2/c1-5-6-13(18)16-12-7-9(2)14(10(3)8-12)15-11(4)17/h7-8H,1-4H3,(H,15,17)(H,16,18). The van der Waals surface area contributed by atoms with Gasteiger partial charge in [0.15, 0.2) is 0 Å². The van der Waals surface area contributed by atoms with Gasteiger partial charge in [0.25, 0.3) is 5.91 Å². The molecule has 0 spiro atoms. The maximum atomic E-state index is 11.3. The van der Waals surface area contributed by atoms with E-state index in [0.717, 1.165) is 16.8 Å². The average molecular weight is 244 g/mol. The Kier molecular flexibility index (Phi) is 4.50. The van der Waals surface area contributed by atoms with E-state index < -0.39 is 0 Å². The lowest BCUT2D eigenvalue weighted by Crippen LogP contribution is -2.11. The first-order chi connectivity index (χ1) is 8.43. The first-order valence-electron chi connectivity index (χ1n) is 5.56. The normalized spacial score (nSPS) is 9.11. The van der Waals surface area contributed by atoms with Gasteiger partial charge in [-0.25, -0.2) is 0 Å². The van der Waals surface area contributed by atoms with Gasteiger partial charge in [0, 0.05) is 18.3 Å². The average Bonchev–Trinajstić information content (AvgIpc) is 2.23. The molecule has 0 saturated carbocycles. The Morgan fingerprint density at radius 1 is 1.11 bits per heavy atom. The molecule has 2 amide bonds. The molecule has 0 fully saturated rings. The maximum Gasteiger partial charge on any atom is 0.300 e. The Bertz CT molecular complexity index is 528. The van der Waals surface area contributed by atoms with E-state index in [1.807, 2.05) is 13.8 Å². The van der Waals surface area contributed by atoms with Crippen molar-refractivity contribution in [2.45, 2.75) is 27.7 Å². The fourth-order valence-electron chi connectivity index (χ4n) is 1.68. The van der Waals surface area contributed by atoms with Gasteiger partial charge in [-0.05, 0) is 50.0 Å². The van der Waals surface area contributed by atoms with Crippen LogP contribution < -0.4 is 10.6 Å². The molecule has 0 heterocycles. The molecule has 0 atom stereocenters. The first kappa shape index (κ1) is 13.8. The Morgan fingerprint density at radius 2 is 1.67 bits per heavy atom. The van der Waals surface area contributed by atoms with E-state index in [-0.39, 0.29) is 11.8 Å². The predicted octanol–water partition coefficient (Wildman–Crippen LogP) is 2.22. The fraction of sp³-hybridized carbons (Fsp3) is 0.286. The summed E-state index contributed by atoms with van der Waals surface area (Å²) in [5.41, 5.74) is 3.24. The van der Waals surface area contributed by atoms with Crippen LogP contribution in [-0.2, 0) is 9.59 Å². The number of anilines is 2. The molecule has 0 aliphatic heterocycles. The lowest BCUT2D eigenvalue weighted by Gasteiger charge is -2.12. The Hall–Kier alpha value is -2.28. The largest absolute Gasteiger partial charge is 0.326 e. The van der Waals surface area contributed by atoms with Crippen LogP contribution >= 0.6 is 0 Å². The van der Waals surface area contributed by atoms with Gasteiger partial charge in [-0.3, -0.25) is 9.59 Å². The summed E-state index contributed by atoms with van der Waals surface area (Å²) in [6.07, 6.45) is 0. The van der Waals surface area contributed by atoms with E-state index in [0.29, 0.717) is 5.69 Å². The molecule has 94 valence electrons. The van der Waals surface area contributed by atoms with Crippen LogP contribution in [0.3, 0.4) is 0 Å². The molecule has 0 aliphatic carbocycles. The summed E-state index contributed by atoms with van der Waals surface area (Å²) in [5, 5.41) is 5.45. The number of carbonyl (C=O) groups is 2. The molecule has 0 unspecified atom stereocenters. The highest BCUT2D eigenvalue weighted by Gasteiger charge is 2.07. The molecule has 0 aromatic heterocycles. The first-order valence-corrected chi connectivity index (χ1v) is 5.56. The zero-order valence-electron chi connectivity index (χ0n) is 11.0. The van der Waals surface area contributed by atoms with Gasteiger partial charge in [-0.2, -0.15) is 0 Å². The van der Waals surface area contributed by atoms with Crippen LogP contribution in [0.25, 0.3) is 0 Å². The third-order valence-corrected chi connectivity index (χ3v) is 2.33.